The van der Waals surface area contributed by atoms with Crippen LogP contribution in [0.25, 0.3) is 0 Å². The summed E-state index contributed by atoms with van der Waals surface area (Å²) in [6.07, 6.45) is 1.11. The van der Waals surface area contributed by atoms with E-state index in [1.165, 1.54) is 36.4 Å². The monoisotopic (exact) mass is 344 g/mol. The molecular weight excluding hydrogens is 326 g/mol. The van der Waals surface area contributed by atoms with Crippen LogP contribution in [0.1, 0.15) is 12.0 Å². The molecule has 2 atom stereocenters. The van der Waals surface area contributed by atoms with E-state index in [1.54, 1.807) is 12.1 Å². The molecule has 1 fully saturated rings. The average molecular weight is 344 g/mol. The van der Waals surface area contributed by atoms with Gasteiger partial charge in [0.15, 0.2) is 0 Å². The molecule has 4 nitrogen and oxygen atoms in total. The molecule has 0 saturated heterocycles. The van der Waals surface area contributed by atoms with Crippen LogP contribution in [0, 0.1) is 23.5 Å². The SMILES string of the molecule is O=C(NCCc1ccc(F)cc1)C1CC1C(=O)Nc1ccc(F)cc1. The molecule has 2 amide bonds. The molecule has 0 bridgehead atoms. The highest BCUT2D eigenvalue weighted by Crippen LogP contribution is 2.39. The third-order valence-electron chi connectivity index (χ3n) is 4.20. The summed E-state index contributed by atoms with van der Waals surface area (Å²) in [5.41, 5.74) is 1.44. The van der Waals surface area contributed by atoms with Gasteiger partial charge in [0.25, 0.3) is 0 Å². The maximum absolute atomic E-state index is 12.8. The Morgan fingerprint density at radius 3 is 2.08 bits per heavy atom. The molecule has 1 aliphatic carbocycles. The Hall–Kier alpha value is -2.76. The molecule has 1 aliphatic rings. The molecule has 1 saturated carbocycles. The van der Waals surface area contributed by atoms with Crippen molar-refractivity contribution >= 4 is 17.5 Å². The summed E-state index contributed by atoms with van der Waals surface area (Å²) < 4.78 is 25.7. The Labute approximate surface area is 144 Å². The van der Waals surface area contributed by atoms with Crippen molar-refractivity contribution in [2.75, 3.05) is 11.9 Å². The van der Waals surface area contributed by atoms with E-state index < -0.39 is 0 Å². The molecule has 2 aromatic rings. The summed E-state index contributed by atoms with van der Waals surface area (Å²) in [6, 6.07) is 11.6. The predicted octanol–water partition coefficient (Wildman–Crippen LogP) is 2.90. The van der Waals surface area contributed by atoms with Crippen molar-refractivity contribution in [1.82, 2.24) is 5.32 Å². The van der Waals surface area contributed by atoms with Crippen molar-refractivity contribution < 1.29 is 18.4 Å². The number of hydrogen-bond acceptors (Lipinski definition) is 2. The van der Waals surface area contributed by atoms with Gasteiger partial charge in [0.2, 0.25) is 11.8 Å². The molecule has 2 unspecified atom stereocenters. The fraction of sp³-hybridized carbons (Fsp3) is 0.263. The lowest BCUT2D eigenvalue weighted by molar-refractivity contribution is -0.125. The Balaban J connectivity index is 1.41. The van der Waals surface area contributed by atoms with Gasteiger partial charge in [-0.2, -0.15) is 0 Å². The van der Waals surface area contributed by atoms with Gasteiger partial charge in [-0.3, -0.25) is 9.59 Å². The van der Waals surface area contributed by atoms with Gasteiger partial charge in [-0.1, -0.05) is 12.1 Å². The quantitative estimate of drug-likeness (QED) is 0.847. The topological polar surface area (TPSA) is 58.2 Å². The number of halogens is 2. The van der Waals surface area contributed by atoms with Crippen LogP contribution in [0.2, 0.25) is 0 Å². The van der Waals surface area contributed by atoms with Gasteiger partial charge < -0.3 is 10.6 Å². The van der Waals surface area contributed by atoms with Crippen LogP contribution < -0.4 is 10.6 Å². The number of nitrogens with one attached hydrogen (secondary N) is 2. The molecule has 130 valence electrons. The van der Waals surface area contributed by atoms with Crippen molar-refractivity contribution in [3.63, 3.8) is 0 Å². The van der Waals surface area contributed by atoms with Gasteiger partial charge in [0, 0.05) is 12.2 Å². The average Bonchev–Trinajstić information content (AvgIpc) is 3.39. The zero-order chi connectivity index (χ0) is 17.8. The summed E-state index contributed by atoms with van der Waals surface area (Å²) in [5.74, 6) is -1.72. The number of benzene rings is 2. The van der Waals surface area contributed by atoms with E-state index >= 15 is 0 Å². The first-order chi connectivity index (χ1) is 12.0. The van der Waals surface area contributed by atoms with Crippen molar-refractivity contribution in [3.05, 3.63) is 65.7 Å². The highest BCUT2D eigenvalue weighted by molar-refractivity contribution is 5.99. The molecule has 6 heteroatoms. The molecule has 2 N–H and O–H groups in total. The second-order valence-electron chi connectivity index (χ2n) is 6.11. The highest BCUT2D eigenvalue weighted by Gasteiger charge is 2.47. The van der Waals surface area contributed by atoms with Crippen LogP contribution in [0.4, 0.5) is 14.5 Å². The normalized spacial score (nSPS) is 18.5. The molecule has 25 heavy (non-hydrogen) atoms. The third kappa shape index (κ3) is 4.62. The lowest BCUT2D eigenvalue weighted by Gasteiger charge is -2.06. The van der Waals surface area contributed by atoms with Crippen molar-refractivity contribution in [2.45, 2.75) is 12.8 Å². The minimum absolute atomic E-state index is 0.152. The van der Waals surface area contributed by atoms with Crippen LogP contribution >= 0.6 is 0 Å². The van der Waals surface area contributed by atoms with Gasteiger partial charge in [-0.25, -0.2) is 8.78 Å². The third-order valence-corrected chi connectivity index (χ3v) is 4.20. The number of rotatable bonds is 6. The summed E-state index contributed by atoms with van der Waals surface area (Å²) in [7, 11) is 0. The van der Waals surface area contributed by atoms with Crippen LogP contribution in [0.15, 0.2) is 48.5 Å². The van der Waals surface area contributed by atoms with E-state index in [2.05, 4.69) is 10.6 Å². The molecule has 0 radical (unpaired) electrons. The van der Waals surface area contributed by atoms with Gasteiger partial charge in [-0.05, 0) is 54.8 Å². The number of carbonyl (C=O) groups excluding carboxylic acids is 2. The molecular formula is C19H18F2N2O2. The Bertz CT molecular complexity index is 760. The molecule has 0 heterocycles. The second kappa shape index (κ2) is 7.42. The molecule has 0 aromatic heterocycles. The first kappa shape index (κ1) is 17.1. The molecule has 0 aliphatic heterocycles. The smallest absolute Gasteiger partial charge is 0.228 e. The van der Waals surface area contributed by atoms with E-state index in [-0.39, 0.29) is 35.3 Å². The largest absolute Gasteiger partial charge is 0.356 e. The van der Waals surface area contributed by atoms with Gasteiger partial charge in [-0.15, -0.1) is 0 Å². The van der Waals surface area contributed by atoms with Crippen LogP contribution in [-0.4, -0.2) is 18.4 Å². The van der Waals surface area contributed by atoms with Gasteiger partial charge >= 0.3 is 0 Å². The van der Waals surface area contributed by atoms with E-state index in [4.69, 9.17) is 0 Å². The number of carbonyl (C=O) groups is 2. The van der Waals surface area contributed by atoms with Crippen molar-refractivity contribution in [1.29, 1.82) is 0 Å². The van der Waals surface area contributed by atoms with Gasteiger partial charge in [0.1, 0.15) is 11.6 Å². The van der Waals surface area contributed by atoms with Crippen LogP contribution in [0.3, 0.4) is 0 Å². The lowest BCUT2D eigenvalue weighted by atomic mass is 10.1. The Morgan fingerprint density at radius 1 is 0.880 bits per heavy atom. The van der Waals surface area contributed by atoms with E-state index in [0.29, 0.717) is 25.1 Å². The molecule has 3 rings (SSSR count). The number of amides is 2. The summed E-state index contributed by atoms with van der Waals surface area (Å²) in [4.78, 5) is 24.1. The summed E-state index contributed by atoms with van der Waals surface area (Å²) in [5, 5.41) is 5.48. The van der Waals surface area contributed by atoms with E-state index in [1.807, 2.05) is 0 Å². The maximum Gasteiger partial charge on any atom is 0.228 e. The van der Waals surface area contributed by atoms with E-state index in [9.17, 15) is 18.4 Å². The van der Waals surface area contributed by atoms with Crippen molar-refractivity contribution in [2.24, 2.45) is 11.8 Å². The zero-order valence-corrected chi connectivity index (χ0v) is 13.5. The fourth-order valence-electron chi connectivity index (χ4n) is 2.65. The molecule has 0 spiro atoms. The second-order valence-corrected chi connectivity index (χ2v) is 6.11. The Kier molecular flexibility index (Phi) is 5.07. The maximum atomic E-state index is 12.8. The van der Waals surface area contributed by atoms with Gasteiger partial charge in [0.05, 0.1) is 11.8 Å². The predicted molar refractivity (Wildman–Crippen MR) is 89.7 cm³/mol. The van der Waals surface area contributed by atoms with E-state index in [0.717, 1.165) is 5.56 Å². The Morgan fingerprint density at radius 2 is 1.44 bits per heavy atom. The zero-order valence-electron chi connectivity index (χ0n) is 13.5. The number of hydrogen-bond donors (Lipinski definition) is 2. The lowest BCUT2D eigenvalue weighted by Crippen LogP contribution is -2.29. The molecule has 2 aromatic carbocycles. The number of anilines is 1. The first-order valence-electron chi connectivity index (χ1n) is 8.11. The minimum atomic E-state index is -0.372. The first-order valence-corrected chi connectivity index (χ1v) is 8.11. The van der Waals surface area contributed by atoms with Crippen LogP contribution in [-0.2, 0) is 16.0 Å². The van der Waals surface area contributed by atoms with Crippen LogP contribution in [0.5, 0.6) is 0 Å². The fourth-order valence-corrected chi connectivity index (χ4v) is 2.65. The minimum Gasteiger partial charge on any atom is -0.356 e. The summed E-state index contributed by atoms with van der Waals surface area (Å²) in [6.45, 7) is 0.438. The highest BCUT2D eigenvalue weighted by atomic mass is 19.1. The standard InChI is InChI=1S/C19H18F2N2O2/c20-13-3-1-12(2-4-13)9-10-22-18(24)16-11-17(16)19(25)23-15-7-5-14(21)6-8-15/h1-8,16-17H,9-11H2,(H,22,24)(H,23,25). The summed E-state index contributed by atoms with van der Waals surface area (Å²) >= 11 is 0. The van der Waals surface area contributed by atoms with Crippen molar-refractivity contribution in [3.8, 4) is 0 Å².